The summed E-state index contributed by atoms with van der Waals surface area (Å²) in [6.07, 6.45) is 3.09. The van der Waals surface area contributed by atoms with Crippen molar-refractivity contribution >= 4 is 0 Å². The molecule has 2 nitrogen and oxygen atoms in total. The zero-order valence-corrected chi connectivity index (χ0v) is 5.58. The molecule has 0 bridgehead atoms. The van der Waals surface area contributed by atoms with Crippen molar-refractivity contribution in [3.63, 3.8) is 0 Å². The van der Waals surface area contributed by atoms with Crippen LogP contribution in [0.15, 0.2) is 0 Å². The van der Waals surface area contributed by atoms with Crippen molar-refractivity contribution in [2.24, 2.45) is 11.8 Å². The van der Waals surface area contributed by atoms with Crippen molar-refractivity contribution in [3.05, 3.63) is 0 Å². The molecule has 0 aromatic heterocycles. The molecule has 1 fully saturated rings. The van der Waals surface area contributed by atoms with Gasteiger partial charge in [-0.2, -0.15) is 0 Å². The summed E-state index contributed by atoms with van der Waals surface area (Å²) in [5.41, 5.74) is 0. The maximum absolute atomic E-state index is 8.50. The molecule has 54 valence electrons. The molecule has 1 aliphatic rings. The van der Waals surface area contributed by atoms with Crippen LogP contribution in [-0.4, -0.2) is 23.4 Å². The molecule has 0 spiro atoms. The molecule has 0 unspecified atom stereocenters. The number of aliphatic hydroxyl groups excluding tert-OH is 2. The van der Waals surface area contributed by atoms with Crippen LogP contribution in [0.3, 0.4) is 0 Å². The summed E-state index contributed by atoms with van der Waals surface area (Å²) >= 11 is 0. The molecule has 0 saturated heterocycles. The van der Waals surface area contributed by atoms with E-state index in [1.54, 1.807) is 0 Å². The Morgan fingerprint density at radius 3 is 1.78 bits per heavy atom. The van der Waals surface area contributed by atoms with E-state index >= 15 is 0 Å². The smallest absolute Gasteiger partial charge is 0.0433 e. The Balaban J connectivity index is 1.96. The van der Waals surface area contributed by atoms with Gasteiger partial charge in [0, 0.05) is 13.2 Å². The van der Waals surface area contributed by atoms with Crippen molar-refractivity contribution in [1.82, 2.24) is 0 Å². The van der Waals surface area contributed by atoms with Crippen LogP contribution in [0.2, 0.25) is 0 Å². The third-order valence-corrected chi connectivity index (χ3v) is 2.07. The second-order valence-corrected chi connectivity index (χ2v) is 2.78. The Hall–Kier alpha value is -0.0800. The van der Waals surface area contributed by atoms with E-state index in [2.05, 4.69) is 0 Å². The Bertz CT molecular complexity index is 73.0. The highest BCUT2D eigenvalue weighted by molar-refractivity contribution is 4.85. The van der Waals surface area contributed by atoms with Gasteiger partial charge in [-0.3, -0.25) is 0 Å². The van der Waals surface area contributed by atoms with Crippen molar-refractivity contribution in [3.8, 4) is 0 Å². The van der Waals surface area contributed by atoms with E-state index in [4.69, 9.17) is 10.2 Å². The van der Waals surface area contributed by atoms with E-state index in [-0.39, 0.29) is 0 Å². The van der Waals surface area contributed by atoms with Crippen molar-refractivity contribution in [2.75, 3.05) is 13.2 Å². The normalized spacial score (nSPS) is 32.7. The summed E-state index contributed by atoms with van der Waals surface area (Å²) in [4.78, 5) is 0. The standard InChI is InChI=1S/C7H14O2/c8-3-1-6-5-7(6)2-4-9/h6-9H,1-5H2/t6-,7-/m0/s1. The molecule has 1 aliphatic carbocycles. The summed E-state index contributed by atoms with van der Waals surface area (Å²) in [6, 6.07) is 0. The van der Waals surface area contributed by atoms with E-state index in [1.807, 2.05) is 0 Å². The van der Waals surface area contributed by atoms with Crippen LogP contribution in [-0.2, 0) is 0 Å². The maximum Gasteiger partial charge on any atom is 0.0433 e. The molecule has 2 atom stereocenters. The number of hydrogen-bond donors (Lipinski definition) is 2. The highest BCUT2D eigenvalue weighted by Crippen LogP contribution is 2.43. The molecule has 0 aromatic rings. The number of aliphatic hydroxyl groups is 2. The Labute approximate surface area is 55.5 Å². The first-order valence-corrected chi connectivity index (χ1v) is 3.60. The third kappa shape index (κ3) is 1.95. The lowest BCUT2D eigenvalue weighted by Gasteiger charge is -1.92. The lowest BCUT2D eigenvalue weighted by molar-refractivity contribution is 0.260. The Kier molecular flexibility index (Phi) is 2.49. The predicted molar refractivity (Wildman–Crippen MR) is 35.0 cm³/mol. The largest absolute Gasteiger partial charge is 0.396 e. The van der Waals surface area contributed by atoms with Crippen LogP contribution in [0.5, 0.6) is 0 Å². The summed E-state index contributed by atoms with van der Waals surface area (Å²) in [7, 11) is 0. The third-order valence-electron chi connectivity index (χ3n) is 2.07. The van der Waals surface area contributed by atoms with Gasteiger partial charge in [-0.05, 0) is 31.1 Å². The van der Waals surface area contributed by atoms with Crippen LogP contribution >= 0.6 is 0 Å². The van der Waals surface area contributed by atoms with E-state index < -0.39 is 0 Å². The number of rotatable bonds is 4. The summed E-state index contributed by atoms with van der Waals surface area (Å²) < 4.78 is 0. The van der Waals surface area contributed by atoms with E-state index in [9.17, 15) is 0 Å². The van der Waals surface area contributed by atoms with Crippen LogP contribution in [0.1, 0.15) is 19.3 Å². The van der Waals surface area contributed by atoms with Gasteiger partial charge in [-0.1, -0.05) is 0 Å². The van der Waals surface area contributed by atoms with Crippen molar-refractivity contribution in [1.29, 1.82) is 0 Å². The van der Waals surface area contributed by atoms with Gasteiger partial charge in [-0.25, -0.2) is 0 Å². The average molecular weight is 130 g/mol. The topological polar surface area (TPSA) is 40.5 Å². The minimum absolute atomic E-state index is 0.312. The first-order valence-electron chi connectivity index (χ1n) is 3.60. The van der Waals surface area contributed by atoms with Crippen LogP contribution < -0.4 is 0 Å². The second kappa shape index (κ2) is 3.18. The summed E-state index contributed by atoms with van der Waals surface area (Å²) in [5, 5.41) is 17.0. The van der Waals surface area contributed by atoms with E-state index in [1.165, 1.54) is 6.42 Å². The Morgan fingerprint density at radius 2 is 1.44 bits per heavy atom. The summed E-state index contributed by atoms with van der Waals surface area (Å²) in [5.74, 6) is 1.45. The first kappa shape index (κ1) is 7.03. The van der Waals surface area contributed by atoms with Gasteiger partial charge in [0.25, 0.3) is 0 Å². The lowest BCUT2D eigenvalue weighted by atomic mass is 10.2. The van der Waals surface area contributed by atoms with Gasteiger partial charge >= 0.3 is 0 Å². The average Bonchev–Trinajstić information content (AvgIpc) is 2.50. The fourth-order valence-electron chi connectivity index (χ4n) is 1.35. The molecule has 0 heterocycles. The fraction of sp³-hybridized carbons (Fsp3) is 1.00. The predicted octanol–water partition coefficient (Wildman–Crippen LogP) is 0.387. The highest BCUT2D eigenvalue weighted by atomic mass is 16.3. The molecular weight excluding hydrogens is 116 g/mol. The molecule has 0 radical (unpaired) electrons. The lowest BCUT2D eigenvalue weighted by Crippen LogP contribution is -1.90. The molecule has 1 rings (SSSR count). The van der Waals surface area contributed by atoms with E-state index in [0.717, 1.165) is 24.7 Å². The van der Waals surface area contributed by atoms with Gasteiger partial charge in [0.2, 0.25) is 0 Å². The van der Waals surface area contributed by atoms with Crippen molar-refractivity contribution < 1.29 is 10.2 Å². The van der Waals surface area contributed by atoms with Gasteiger partial charge in [0.05, 0.1) is 0 Å². The highest BCUT2D eigenvalue weighted by Gasteiger charge is 2.34. The quantitative estimate of drug-likeness (QED) is 0.578. The molecule has 0 aliphatic heterocycles. The van der Waals surface area contributed by atoms with Crippen LogP contribution in [0.25, 0.3) is 0 Å². The van der Waals surface area contributed by atoms with Gasteiger partial charge in [-0.15, -0.1) is 0 Å². The minimum atomic E-state index is 0.312. The van der Waals surface area contributed by atoms with Crippen LogP contribution in [0.4, 0.5) is 0 Å². The molecule has 2 N–H and O–H groups in total. The van der Waals surface area contributed by atoms with Crippen LogP contribution in [0, 0.1) is 11.8 Å². The zero-order valence-electron chi connectivity index (χ0n) is 5.58. The first-order chi connectivity index (χ1) is 4.38. The zero-order chi connectivity index (χ0) is 6.69. The van der Waals surface area contributed by atoms with Crippen molar-refractivity contribution in [2.45, 2.75) is 19.3 Å². The molecule has 0 aromatic carbocycles. The molecule has 1 saturated carbocycles. The van der Waals surface area contributed by atoms with Gasteiger partial charge in [0.15, 0.2) is 0 Å². The fourth-order valence-corrected chi connectivity index (χ4v) is 1.35. The number of hydrogen-bond acceptors (Lipinski definition) is 2. The Morgan fingerprint density at radius 1 is 1.00 bits per heavy atom. The monoisotopic (exact) mass is 130 g/mol. The summed E-state index contributed by atoms with van der Waals surface area (Å²) in [6.45, 7) is 0.624. The van der Waals surface area contributed by atoms with E-state index in [0.29, 0.717) is 13.2 Å². The van der Waals surface area contributed by atoms with Gasteiger partial charge < -0.3 is 10.2 Å². The van der Waals surface area contributed by atoms with Gasteiger partial charge in [0.1, 0.15) is 0 Å². The molecular formula is C7H14O2. The maximum atomic E-state index is 8.50. The molecule has 0 amide bonds. The molecule has 9 heavy (non-hydrogen) atoms. The minimum Gasteiger partial charge on any atom is -0.396 e. The SMILES string of the molecule is OCC[C@H]1C[C@@H]1CCO. The second-order valence-electron chi connectivity index (χ2n) is 2.78. The molecule has 2 heteroatoms.